The van der Waals surface area contributed by atoms with Gasteiger partial charge in [0.15, 0.2) is 12.1 Å². The van der Waals surface area contributed by atoms with Gasteiger partial charge in [-0.25, -0.2) is 4.39 Å². The van der Waals surface area contributed by atoms with Crippen LogP contribution in [0.3, 0.4) is 0 Å². The number of ketones is 1. The van der Waals surface area contributed by atoms with Gasteiger partial charge in [0.25, 0.3) is 0 Å². The van der Waals surface area contributed by atoms with Crippen LogP contribution in [0.5, 0.6) is 0 Å². The van der Waals surface area contributed by atoms with Gasteiger partial charge < -0.3 is 0 Å². The molecule has 1 rings (SSSR count). The van der Waals surface area contributed by atoms with Gasteiger partial charge in [0.1, 0.15) is 5.82 Å². The predicted octanol–water partition coefficient (Wildman–Crippen LogP) is 1.14. The van der Waals surface area contributed by atoms with Crippen LogP contribution >= 0.6 is 0 Å². The molecule has 0 bridgehead atoms. The summed E-state index contributed by atoms with van der Waals surface area (Å²) in [4.78, 5) is 20.6. The largest absolute Gasteiger partial charge is 0.295 e. The number of aldehydes is 1. The van der Waals surface area contributed by atoms with Crippen molar-refractivity contribution >= 4 is 12.1 Å². The third-order valence-electron chi connectivity index (χ3n) is 1.40. The standard InChI is InChI=1S/C9H7FO2/c10-8-3-1-2-7(4-8)5-9(12)6-11/h1-4,6H,5H2. The predicted molar refractivity (Wildman–Crippen MR) is 41.2 cm³/mol. The topological polar surface area (TPSA) is 34.1 Å². The molecule has 0 saturated heterocycles. The summed E-state index contributed by atoms with van der Waals surface area (Å²) in [5.74, 6) is -0.938. The molecule has 0 radical (unpaired) electrons. The average molecular weight is 166 g/mol. The normalized spacial score (nSPS) is 9.42. The summed E-state index contributed by atoms with van der Waals surface area (Å²) in [6.07, 6.45) is 0.214. The first-order valence-corrected chi connectivity index (χ1v) is 3.45. The highest BCUT2D eigenvalue weighted by atomic mass is 19.1. The average Bonchev–Trinajstić information content (AvgIpc) is 2.04. The maximum Gasteiger partial charge on any atom is 0.199 e. The molecule has 0 saturated carbocycles. The second-order valence-corrected chi connectivity index (χ2v) is 2.39. The molecule has 0 amide bonds. The molecule has 0 aliphatic rings. The Morgan fingerprint density at radius 3 is 2.83 bits per heavy atom. The van der Waals surface area contributed by atoms with E-state index in [0.717, 1.165) is 0 Å². The van der Waals surface area contributed by atoms with E-state index in [9.17, 15) is 14.0 Å². The molecule has 2 nitrogen and oxygen atoms in total. The van der Waals surface area contributed by atoms with Gasteiger partial charge in [0.05, 0.1) is 0 Å². The molecule has 0 aromatic heterocycles. The van der Waals surface area contributed by atoms with Crippen molar-refractivity contribution in [3.05, 3.63) is 35.6 Å². The number of hydrogen-bond acceptors (Lipinski definition) is 2. The molecular formula is C9H7FO2. The lowest BCUT2D eigenvalue weighted by Gasteiger charge is -1.95. The lowest BCUT2D eigenvalue weighted by molar-refractivity contribution is -0.129. The maximum atomic E-state index is 12.5. The van der Waals surface area contributed by atoms with E-state index in [2.05, 4.69) is 0 Å². The van der Waals surface area contributed by atoms with Gasteiger partial charge in [-0.2, -0.15) is 0 Å². The Morgan fingerprint density at radius 2 is 2.25 bits per heavy atom. The first-order chi connectivity index (χ1) is 5.72. The van der Waals surface area contributed by atoms with Crippen molar-refractivity contribution in [1.29, 1.82) is 0 Å². The van der Waals surface area contributed by atoms with E-state index in [-0.39, 0.29) is 12.7 Å². The molecule has 0 aliphatic heterocycles. The fourth-order valence-electron chi connectivity index (χ4n) is 0.890. The van der Waals surface area contributed by atoms with E-state index < -0.39 is 11.6 Å². The van der Waals surface area contributed by atoms with Gasteiger partial charge in [0, 0.05) is 6.42 Å². The minimum Gasteiger partial charge on any atom is -0.295 e. The maximum absolute atomic E-state index is 12.5. The van der Waals surface area contributed by atoms with Gasteiger partial charge >= 0.3 is 0 Å². The third kappa shape index (κ3) is 2.27. The Hall–Kier alpha value is -1.51. The summed E-state index contributed by atoms with van der Waals surface area (Å²) in [7, 11) is 0. The van der Waals surface area contributed by atoms with Gasteiger partial charge in [0.2, 0.25) is 0 Å². The first-order valence-electron chi connectivity index (χ1n) is 3.45. The quantitative estimate of drug-likeness (QED) is 0.498. The molecule has 0 atom stereocenters. The van der Waals surface area contributed by atoms with Gasteiger partial charge in [-0.15, -0.1) is 0 Å². The summed E-state index contributed by atoms with van der Waals surface area (Å²) >= 11 is 0. The van der Waals surface area contributed by atoms with E-state index in [0.29, 0.717) is 5.56 Å². The van der Waals surface area contributed by atoms with Crippen LogP contribution in [0, 0.1) is 5.82 Å². The highest BCUT2D eigenvalue weighted by molar-refractivity contribution is 6.25. The molecule has 1 aromatic carbocycles. The van der Waals surface area contributed by atoms with Crippen molar-refractivity contribution < 1.29 is 14.0 Å². The fraction of sp³-hybridized carbons (Fsp3) is 0.111. The van der Waals surface area contributed by atoms with Crippen LogP contribution in [0.1, 0.15) is 5.56 Å². The fourth-order valence-corrected chi connectivity index (χ4v) is 0.890. The van der Waals surface area contributed by atoms with Crippen LogP contribution in [0.15, 0.2) is 24.3 Å². The minimum absolute atomic E-state index is 0.0265. The molecule has 3 heteroatoms. The molecule has 0 aliphatic carbocycles. The number of rotatable bonds is 3. The van der Waals surface area contributed by atoms with Crippen molar-refractivity contribution in [1.82, 2.24) is 0 Å². The van der Waals surface area contributed by atoms with E-state index in [1.807, 2.05) is 0 Å². The highest BCUT2D eigenvalue weighted by Crippen LogP contribution is 2.03. The Morgan fingerprint density at radius 1 is 1.50 bits per heavy atom. The summed E-state index contributed by atoms with van der Waals surface area (Å²) < 4.78 is 12.5. The molecule has 12 heavy (non-hydrogen) atoms. The van der Waals surface area contributed by atoms with Gasteiger partial charge in [-0.1, -0.05) is 12.1 Å². The number of halogens is 1. The van der Waals surface area contributed by atoms with E-state index in [1.54, 1.807) is 6.07 Å². The summed E-state index contributed by atoms with van der Waals surface area (Å²) in [5.41, 5.74) is 0.520. The second kappa shape index (κ2) is 3.76. The Balaban J connectivity index is 2.76. The number of Topliss-reactive ketones (excluding diaryl/α,β-unsaturated/α-hetero) is 1. The van der Waals surface area contributed by atoms with Crippen LogP contribution in [-0.4, -0.2) is 12.1 Å². The summed E-state index contributed by atoms with van der Waals surface area (Å²) in [5, 5.41) is 0. The number of carbonyl (C=O) groups excluding carboxylic acids is 2. The molecular weight excluding hydrogens is 159 g/mol. The molecule has 1 aromatic rings. The Labute approximate surface area is 69.0 Å². The Kier molecular flexibility index (Phi) is 2.69. The Bertz CT molecular complexity index is 307. The van der Waals surface area contributed by atoms with Crippen molar-refractivity contribution in [2.45, 2.75) is 6.42 Å². The van der Waals surface area contributed by atoms with E-state index in [1.165, 1.54) is 18.2 Å². The monoisotopic (exact) mass is 166 g/mol. The molecule has 62 valence electrons. The third-order valence-corrected chi connectivity index (χ3v) is 1.40. The van der Waals surface area contributed by atoms with Gasteiger partial charge in [-0.05, 0) is 17.7 Å². The summed E-state index contributed by atoms with van der Waals surface area (Å²) in [6, 6.07) is 5.63. The smallest absolute Gasteiger partial charge is 0.199 e. The van der Waals surface area contributed by atoms with E-state index in [4.69, 9.17) is 0 Å². The SMILES string of the molecule is O=CC(=O)Cc1cccc(F)c1. The molecule has 0 fully saturated rings. The van der Waals surface area contributed by atoms with Crippen LogP contribution in [0.4, 0.5) is 4.39 Å². The molecule has 0 heterocycles. The molecule has 0 N–H and O–H groups in total. The van der Waals surface area contributed by atoms with Crippen LogP contribution in [0.25, 0.3) is 0 Å². The second-order valence-electron chi connectivity index (χ2n) is 2.39. The lowest BCUT2D eigenvalue weighted by Crippen LogP contribution is -2.03. The summed E-state index contributed by atoms with van der Waals surface area (Å²) in [6.45, 7) is 0. The van der Waals surface area contributed by atoms with Crippen molar-refractivity contribution in [2.24, 2.45) is 0 Å². The van der Waals surface area contributed by atoms with Crippen LogP contribution in [0.2, 0.25) is 0 Å². The number of carbonyl (C=O) groups is 2. The van der Waals surface area contributed by atoms with Crippen molar-refractivity contribution in [2.75, 3.05) is 0 Å². The van der Waals surface area contributed by atoms with Crippen LogP contribution in [-0.2, 0) is 16.0 Å². The van der Waals surface area contributed by atoms with Crippen LogP contribution < -0.4 is 0 Å². The first kappa shape index (κ1) is 8.59. The number of benzene rings is 1. The zero-order valence-corrected chi connectivity index (χ0v) is 6.29. The number of hydrogen-bond donors (Lipinski definition) is 0. The van der Waals surface area contributed by atoms with E-state index >= 15 is 0 Å². The van der Waals surface area contributed by atoms with Gasteiger partial charge in [-0.3, -0.25) is 9.59 Å². The lowest BCUT2D eigenvalue weighted by atomic mass is 10.1. The highest BCUT2D eigenvalue weighted by Gasteiger charge is 2.01. The zero-order chi connectivity index (χ0) is 8.97. The molecule has 0 spiro atoms. The van der Waals surface area contributed by atoms with Crippen molar-refractivity contribution in [3.63, 3.8) is 0 Å². The molecule has 0 unspecified atom stereocenters. The zero-order valence-electron chi connectivity index (χ0n) is 6.29. The van der Waals surface area contributed by atoms with Crippen molar-refractivity contribution in [3.8, 4) is 0 Å². The minimum atomic E-state index is -0.541.